The van der Waals surface area contributed by atoms with Gasteiger partial charge in [0.05, 0.1) is 22.0 Å². The van der Waals surface area contributed by atoms with Gasteiger partial charge in [-0.05, 0) is 25.1 Å². The zero-order chi connectivity index (χ0) is 20.8. The topological polar surface area (TPSA) is 110 Å². The third kappa shape index (κ3) is 5.63. The fraction of sp³-hybridized carbons (Fsp3) is 0.111. The standard InChI is InChI=1S/C18H17Cl2N7OS/c1-11-5-7-13(8-6-11)23-15(28)10-29-18-26-25-17(27(18)21)24-22-9-12-3-2-4-14(19)16(12)20/h2-9H,10,21H2,1H3,(H,23,28)(H,24,25)/b22-9+. The van der Waals surface area contributed by atoms with Gasteiger partial charge in [0, 0.05) is 11.3 Å². The number of carbonyl (C=O) groups excluding carboxylic acids is 1. The Balaban J connectivity index is 1.55. The minimum atomic E-state index is -0.176. The van der Waals surface area contributed by atoms with E-state index < -0.39 is 0 Å². The zero-order valence-electron chi connectivity index (χ0n) is 15.3. The number of hydrazone groups is 1. The average Bonchev–Trinajstić information content (AvgIpc) is 3.05. The molecule has 0 fully saturated rings. The summed E-state index contributed by atoms with van der Waals surface area (Å²) >= 11 is 13.2. The molecule has 0 bridgehead atoms. The molecule has 0 aliphatic carbocycles. The van der Waals surface area contributed by atoms with Gasteiger partial charge in [-0.2, -0.15) is 5.10 Å². The maximum absolute atomic E-state index is 12.1. The molecule has 0 radical (unpaired) electrons. The highest BCUT2D eigenvalue weighted by Gasteiger charge is 2.12. The lowest BCUT2D eigenvalue weighted by Gasteiger charge is -2.05. The molecular weight excluding hydrogens is 433 g/mol. The lowest BCUT2D eigenvalue weighted by Crippen LogP contribution is -2.16. The van der Waals surface area contributed by atoms with E-state index >= 15 is 0 Å². The van der Waals surface area contributed by atoms with Crippen LogP contribution in [0.1, 0.15) is 11.1 Å². The number of halogens is 2. The zero-order valence-corrected chi connectivity index (χ0v) is 17.6. The predicted molar refractivity (Wildman–Crippen MR) is 118 cm³/mol. The van der Waals surface area contributed by atoms with Crippen molar-refractivity contribution in [2.75, 3.05) is 22.3 Å². The van der Waals surface area contributed by atoms with E-state index in [4.69, 9.17) is 29.0 Å². The number of thioether (sulfide) groups is 1. The van der Waals surface area contributed by atoms with Gasteiger partial charge in [-0.1, -0.05) is 64.8 Å². The number of nitrogens with zero attached hydrogens (tertiary/aromatic N) is 4. The molecule has 0 aliphatic heterocycles. The van der Waals surface area contributed by atoms with Gasteiger partial charge in [-0.3, -0.25) is 4.79 Å². The van der Waals surface area contributed by atoms with Crippen molar-refractivity contribution in [2.24, 2.45) is 5.10 Å². The Labute approximate surface area is 181 Å². The van der Waals surface area contributed by atoms with E-state index in [9.17, 15) is 4.79 Å². The number of nitrogen functional groups attached to an aromatic ring is 1. The van der Waals surface area contributed by atoms with Crippen molar-refractivity contribution >= 4 is 58.7 Å². The van der Waals surface area contributed by atoms with Crippen molar-refractivity contribution in [3.63, 3.8) is 0 Å². The van der Waals surface area contributed by atoms with Crippen molar-refractivity contribution < 1.29 is 4.79 Å². The maximum atomic E-state index is 12.1. The first-order valence-corrected chi connectivity index (χ1v) is 10.1. The van der Waals surface area contributed by atoms with Crippen molar-refractivity contribution in [2.45, 2.75) is 12.1 Å². The first-order valence-electron chi connectivity index (χ1n) is 8.37. The van der Waals surface area contributed by atoms with Crippen LogP contribution in [0.15, 0.2) is 52.7 Å². The highest BCUT2D eigenvalue weighted by molar-refractivity contribution is 7.99. The molecule has 0 saturated carbocycles. The van der Waals surface area contributed by atoms with Crippen LogP contribution in [-0.2, 0) is 4.79 Å². The van der Waals surface area contributed by atoms with Crippen LogP contribution in [0.3, 0.4) is 0 Å². The molecule has 29 heavy (non-hydrogen) atoms. The molecule has 0 saturated heterocycles. The Morgan fingerprint density at radius 3 is 2.76 bits per heavy atom. The van der Waals surface area contributed by atoms with Gasteiger partial charge in [0.1, 0.15) is 0 Å². The summed E-state index contributed by atoms with van der Waals surface area (Å²) in [6, 6.07) is 12.7. The highest BCUT2D eigenvalue weighted by atomic mass is 35.5. The second kappa shape index (κ2) is 9.64. The van der Waals surface area contributed by atoms with Crippen molar-refractivity contribution in [3.05, 3.63) is 63.6 Å². The second-order valence-electron chi connectivity index (χ2n) is 5.89. The van der Waals surface area contributed by atoms with E-state index in [-0.39, 0.29) is 17.6 Å². The number of rotatable bonds is 7. The average molecular weight is 450 g/mol. The molecule has 150 valence electrons. The summed E-state index contributed by atoms with van der Waals surface area (Å²) in [4.78, 5) is 12.1. The number of carbonyl (C=O) groups is 1. The van der Waals surface area contributed by atoms with Crippen LogP contribution < -0.4 is 16.6 Å². The Kier molecular flexibility index (Phi) is 6.97. The normalized spacial score (nSPS) is 11.0. The lowest BCUT2D eigenvalue weighted by molar-refractivity contribution is -0.113. The minimum Gasteiger partial charge on any atom is -0.334 e. The van der Waals surface area contributed by atoms with Crippen molar-refractivity contribution in [1.29, 1.82) is 0 Å². The maximum Gasteiger partial charge on any atom is 0.264 e. The predicted octanol–water partition coefficient (Wildman–Crippen LogP) is 3.78. The van der Waals surface area contributed by atoms with Gasteiger partial charge in [0.2, 0.25) is 11.1 Å². The molecule has 3 aromatic rings. The van der Waals surface area contributed by atoms with Gasteiger partial charge < -0.3 is 11.2 Å². The van der Waals surface area contributed by atoms with Crippen LogP contribution >= 0.6 is 35.0 Å². The van der Waals surface area contributed by atoms with E-state index in [1.165, 1.54) is 10.9 Å². The number of anilines is 2. The Morgan fingerprint density at radius 2 is 2.00 bits per heavy atom. The summed E-state index contributed by atoms with van der Waals surface area (Å²) in [5.74, 6) is 6.11. The van der Waals surface area contributed by atoms with Crippen LogP contribution in [0.5, 0.6) is 0 Å². The molecule has 1 aromatic heterocycles. The number of benzene rings is 2. The van der Waals surface area contributed by atoms with E-state index in [1.54, 1.807) is 18.2 Å². The molecule has 1 heterocycles. The van der Waals surface area contributed by atoms with Crippen LogP contribution in [0.2, 0.25) is 10.0 Å². The Hall–Kier alpha value is -2.75. The van der Waals surface area contributed by atoms with E-state index in [1.807, 2.05) is 31.2 Å². The largest absolute Gasteiger partial charge is 0.334 e. The SMILES string of the molecule is Cc1ccc(NC(=O)CSc2nnc(N/N=C/c3cccc(Cl)c3Cl)n2N)cc1. The van der Waals surface area contributed by atoms with Crippen LogP contribution in [-0.4, -0.2) is 32.7 Å². The first kappa shape index (κ1) is 21.0. The number of aryl methyl sites for hydroxylation is 1. The summed E-state index contributed by atoms with van der Waals surface area (Å²) in [6.07, 6.45) is 1.49. The highest BCUT2D eigenvalue weighted by Crippen LogP contribution is 2.24. The third-order valence-electron chi connectivity index (χ3n) is 3.68. The smallest absolute Gasteiger partial charge is 0.264 e. The number of hydrogen-bond donors (Lipinski definition) is 3. The quantitative estimate of drug-likeness (QED) is 0.219. The fourth-order valence-electron chi connectivity index (χ4n) is 2.20. The minimum absolute atomic E-state index is 0.130. The van der Waals surface area contributed by atoms with Gasteiger partial charge >= 0.3 is 0 Å². The summed E-state index contributed by atoms with van der Waals surface area (Å²) in [7, 11) is 0. The molecule has 1 amide bonds. The Bertz CT molecular complexity index is 1040. The molecule has 0 atom stereocenters. The molecule has 4 N–H and O–H groups in total. The fourth-order valence-corrected chi connectivity index (χ4v) is 3.21. The van der Waals surface area contributed by atoms with Gasteiger partial charge in [-0.15, -0.1) is 10.2 Å². The summed E-state index contributed by atoms with van der Waals surface area (Å²) < 4.78 is 1.21. The third-order valence-corrected chi connectivity index (χ3v) is 5.46. The van der Waals surface area contributed by atoms with E-state index in [2.05, 4.69) is 26.0 Å². The van der Waals surface area contributed by atoms with E-state index in [0.29, 0.717) is 20.8 Å². The summed E-state index contributed by atoms with van der Waals surface area (Å²) in [5.41, 5.74) is 5.16. The lowest BCUT2D eigenvalue weighted by atomic mass is 10.2. The molecule has 3 rings (SSSR count). The number of hydrogen-bond acceptors (Lipinski definition) is 7. The summed E-state index contributed by atoms with van der Waals surface area (Å²) in [6.45, 7) is 1.98. The molecule has 0 spiro atoms. The number of nitrogens with one attached hydrogen (secondary N) is 2. The van der Waals surface area contributed by atoms with Gasteiger partial charge in [0.15, 0.2) is 0 Å². The second-order valence-corrected chi connectivity index (χ2v) is 7.62. The van der Waals surface area contributed by atoms with Crippen LogP contribution in [0, 0.1) is 6.92 Å². The van der Waals surface area contributed by atoms with E-state index in [0.717, 1.165) is 23.0 Å². The van der Waals surface area contributed by atoms with Crippen molar-refractivity contribution in [1.82, 2.24) is 14.9 Å². The van der Waals surface area contributed by atoms with Crippen molar-refractivity contribution in [3.8, 4) is 0 Å². The number of aromatic nitrogens is 3. The first-order chi connectivity index (χ1) is 13.9. The monoisotopic (exact) mass is 449 g/mol. The van der Waals surface area contributed by atoms with Gasteiger partial charge in [0.25, 0.3) is 5.95 Å². The van der Waals surface area contributed by atoms with Crippen LogP contribution in [0.25, 0.3) is 0 Å². The Morgan fingerprint density at radius 1 is 1.24 bits per heavy atom. The molecule has 0 unspecified atom stereocenters. The van der Waals surface area contributed by atoms with Crippen LogP contribution in [0.4, 0.5) is 11.6 Å². The number of nitrogens with two attached hydrogens (primary N) is 1. The summed E-state index contributed by atoms with van der Waals surface area (Å²) in [5, 5.41) is 15.9. The van der Waals surface area contributed by atoms with Gasteiger partial charge in [-0.25, -0.2) is 10.1 Å². The molecule has 2 aromatic carbocycles. The number of amides is 1. The molecule has 11 heteroatoms. The molecule has 8 nitrogen and oxygen atoms in total. The molecule has 0 aliphatic rings. The molecular formula is C18H17Cl2N7OS.